The highest BCUT2D eigenvalue weighted by Gasteiger charge is 2.12. The predicted octanol–water partition coefficient (Wildman–Crippen LogP) is 3.88. The van der Waals surface area contributed by atoms with Gasteiger partial charge in [0.25, 0.3) is 0 Å². The lowest BCUT2D eigenvalue weighted by Gasteiger charge is -2.22. The molecular weight excluding hydrogens is 283 g/mol. The smallest absolute Gasteiger partial charge is 0.123 e. The van der Waals surface area contributed by atoms with E-state index in [2.05, 4.69) is 0 Å². The van der Waals surface area contributed by atoms with Gasteiger partial charge in [-0.2, -0.15) is 0 Å². The van der Waals surface area contributed by atoms with Gasteiger partial charge in [0.05, 0.1) is 5.69 Å². The van der Waals surface area contributed by atoms with E-state index in [1.54, 1.807) is 24.3 Å². The lowest BCUT2D eigenvalue weighted by Crippen LogP contribution is -2.17. The fourth-order valence-corrected chi connectivity index (χ4v) is 2.14. The summed E-state index contributed by atoms with van der Waals surface area (Å²) in [5, 5.41) is 0.569. The fourth-order valence-electron chi connectivity index (χ4n) is 1.80. The Morgan fingerprint density at radius 2 is 1.84 bits per heavy atom. The van der Waals surface area contributed by atoms with Crippen molar-refractivity contribution in [2.24, 2.45) is 5.73 Å². The van der Waals surface area contributed by atoms with Crippen molar-refractivity contribution < 1.29 is 4.39 Å². The van der Waals surface area contributed by atoms with Gasteiger partial charge in [-0.1, -0.05) is 23.8 Å². The number of anilines is 2. The van der Waals surface area contributed by atoms with Gasteiger partial charge in [0.2, 0.25) is 0 Å². The molecule has 0 unspecified atom stereocenters. The molecule has 0 aliphatic rings. The lowest BCUT2D eigenvalue weighted by atomic mass is 10.1. The Morgan fingerprint density at radius 1 is 1.21 bits per heavy atom. The van der Waals surface area contributed by atoms with E-state index in [4.69, 9.17) is 29.6 Å². The van der Waals surface area contributed by atoms with Crippen molar-refractivity contribution in [2.45, 2.75) is 0 Å². The van der Waals surface area contributed by atoms with Crippen molar-refractivity contribution in [3.8, 4) is 0 Å². The average molecular weight is 295 g/mol. The van der Waals surface area contributed by atoms with Gasteiger partial charge < -0.3 is 10.6 Å². The van der Waals surface area contributed by atoms with Crippen molar-refractivity contribution in [3.63, 3.8) is 0 Å². The summed E-state index contributed by atoms with van der Waals surface area (Å²) >= 11 is 11.0. The minimum atomic E-state index is -0.275. The molecule has 0 atom stereocenters. The molecule has 0 saturated heterocycles. The van der Waals surface area contributed by atoms with Crippen LogP contribution in [0.2, 0.25) is 5.02 Å². The SMILES string of the molecule is CN(c1ccc(F)cc1)c1ccc(Cl)cc1C(N)=S. The molecule has 0 saturated carbocycles. The zero-order chi connectivity index (χ0) is 14.0. The molecule has 0 aliphatic heterocycles. The summed E-state index contributed by atoms with van der Waals surface area (Å²) < 4.78 is 12.9. The van der Waals surface area contributed by atoms with E-state index in [-0.39, 0.29) is 10.8 Å². The first-order chi connectivity index (χ1) is 8.99. The van der Waals surface area contributed by atoms with Gasteiger partial charge in [-0.05, 0) is 42.5 Å². The molecule has 0 heterocycles. The zero-order valence-electron chi connectivity index (χ0n) is 10.2. The molecule has 0 radical (unpaired) electrons. The van der Waals surface area contributed by atoms with Crippen LogP contribution in [0.4, 0.5) is 15.8 Å². The molecule has 0 fully saturated rings. The van der Waals surface area contributed by atoms with E-state index < -0.39 is 0 Å². The molecule has 0 aliphatic carbocycles. The third-order valence-corrected chi connectivity index (χ3v) is 3.25. The number of benzene rings is 2. The predicted molar refractivity (Wildman–Crippen MR) is 81.8 cm³/mol. The molecule has 2 rings (SSSR count). The van der Waals surface area contributed by atoms with Gasteiger partial charge in [0.15, 0.2) is 0 Å². The van der Waals surface area contributed by atoms with E-state index in [9.17, 15) is 4.39 Å². The van der Waals surface area contributed by atoms with Crippen LogP contribution >= 0.6 is 23.8 Å². The van der Waals surface area contributed by atoms with Gasteiger partial charge in [0, 0.05) is 23.3 Å². The van der Waals surface area contributed by atoms with Crippen LogP contribution in [0.5, 0.6) is 0 Å². The van der Waals surface area contributed by atoms with Gasteiger partial charge in [-0.3, -0.25) is 0 Å². The minimum Gasteiger partial charge on any atom is -0.389 e. The van der Waals surface area contributed by atoms with E-state index in [1.165, 1.54) is 12.1 Å². The maximum atomic E-state index is 12.9. The summed E-state index contributed by atoms with van der Waals surface area (Å²) in [4.78, 5) is 2.15. The molecule has 0 bridgehead atoms. The Morgan fingerprint density at radius 3 is 2.42 bits per heavy atom. The maximum Gasteiger partial charge on any atom is 0.123 e. The molecule has 2 aromatic carbocycles. The summed E-state index contributed by atoms with van der Waals surface area (Å²) in [5.74, 6) is -0.275. The van der Waals surface area contributed by atoms with Crippen LogP contribution in [0, 0.1) is 5.82 Å². The van der Waals surface area contributed by atoms with E-state index in [0.717, 1.165) is 11.4 Å². The maximum absolute atomic E-state index is 12.9. The summed E-state index contributed by atoms with van der Waals surface area (Å²) in [7, 11) is 1.86. The zero-order valence-corrected chi connectivity index (χ0v) is 11.8. The number of hydrogen-bond acceptors (Lipinski definition) is 2. The number of halogens is 2. The summed E-state index contributed by atoms with van der Waals surface area (Å²) in [6.45, 7) is 0. The number of hydrogen-bond donors (Lipinski definition) is 1. The second-order valence-electron chi connectivity index (χ2n) is 4.06. The lowest BCUT2D eigenvalue weighted by molar-refractivity contribution is 0.628. The molecule has 2 aromatic rings. The van der Waals surface area contributed by atoms with Gasteiger partial charge in [0.1, 0.15) is 10.8 Å². The van der Waals surface area contributed by atoms with Crippen molar-refractivity contribution in [2.75, 3.05) is 11.9 Å². The van der Waals surface area contributed by atoms with E-state index in [0.29, 0.717) is 10.6 Å². The van der Waals surface area contributed by atoms with Gasteiger partial charge in [-0.15, -0.1) is 0 Å². The second-order valence-corrected chi connectivity index (χ2v) is 4.94. The standard InChI is InChI=1S/C14H12ClFN2S/c1-18(11-5-3-10(16)4-6-11)13-7-2-9(15)8-12(13)14(17)19/h2-8H,1H3,(H2,17,19). The number of nitrogens with zero attached hydrogens (tertiary/aromatic N) is 1. The minimum absolute atomic E-state index is 0.270. The van der Waals surface area contributed by atoms with Crippen molar-refractivity contribution in [1.82, 2.24) is 0 Å². The van der Waals surface area contributed by atoms with Crippen molar-refractivity contribution in [3.05, 3.63) is 58.9 Å². The first-order valence-electron chi connectivity index (χ1n) is 5.57. The van der Waals surface area contributed by atoms with Crippen LogP contribution in [0.1, 0.15) is 5.56 Å². The van der Waals surface area contributed by atoms with Crippen molar-refractivity contribution in [1.29, 1.82) is 0 Å². The van der Waals surface area contributed by atoms with Crippen LogP contribution in [0.3, 0.4) is 0 Å². The van der Waals surface area contributed by atoms with Gasteiger partial charge >= 0.3 is 0 Å². The Kier molecular flexibility index (Phi) is 4.02. The largest absolute Gasteiger partial charge is 0.389 e. The van der Waals surface area contributed by atoms with Crippen LogP contribution < -0.4 is 10.6 Å². The number of nitrogens with two attached hydrogens (primary N) is 1. The third-order valence-electron chi connectivity index (χ3n) is 2.80. The summed E-state index contributed by atoms with van der Waals surface area (Å²) in [6.07, 6.45) is 0. The topological polar surface area (TPSA) is 29.3 Å². The molecular formula is C14H12ClFN2S. The van der Waals surface area contributed by atoms with Crippen LogP contribution in [-0.2, 0) is 0 Å². The Bertz CT molecular complexity index is 613. The van der Waals surface area contributed by atoms with Gasteiger partial charge in [-0.25, -0.2) is 4.39 Å². The number of rotatable bonds is 3. The molecule has 0 amide bonds. The Labute approximate surface area is 121 Å². The normalized spacial score (nSPS) is 10.3. The first-order valence-corrected chi connectivity index (χ1v) is 6.36. The van der Waals surface area contributed by atoms with Crippen LogP contribution in [0.25, 0.3) is 0 Å². The highest BCUT2D eigenvalue weighted by Crippen LogP contribution is 2.29. The highest BCUT2D eigenvalue weighted by atomic mass is 35.5. The Hall–Kier alpha value is -1.65. The molecule has 0 aromatic heterocycles. The molecule has 98 valence electrons. The molecule has 5 heteroatoms. The quantitative estimate of drug-likeness (QED) is 0.871. The van der Waals surface area contributed by atoms with E-state index in [1.807, 2.05) is 18.0 Å². The summed E-state index contributed by atoms with van der Waals surface area (Å²) in [6, 6.07) is 11.5. The average Bonchev–Trinajstić information content (AvgIpc) is 2.38. The molecule has 2 nitrogen and oxygen atoms in total. The first kappa shape index (κ1) is 13.8. The highest BCUT2D eigenvalue weighted by molar-refractivity contribution is 7.80. The third kappa shape index (κ3) is 3.03. The second kappa shape index (κ2) is 5.55. The molecule has 0 spiro atoms. The summed E-state index contributed by atoms with van der Waals surface area (Å²) in [5.41, 5.74) is 8.06. The van der Waals surface area contributed by atoms with Crippen LogP contribution in [-0.4, -0.2) is 12.0 Å². The monoisotopic (exact) mass is 294 g/mol. The fraction of sp³-hybridized carbons (Fsp3) is 0.0714. The Balaban J connectivity index is 2.46. The van der Waals surface area contributed by atoms with Crippen LogP contribution in [0.15, 0.2) is 42.5 Å². The number of thiocarbonyl (C=S) groups is 1. The van der Waals surface area contributed by atoms with Crippen molar-refractivity contribution >= 4 is 40.2 Å². The molecule has 19 heavy (non-hydrogen) atoms. The van der Waals surface area contributed by atoms with E-state index >= 15 is 0 Å². The molecule has 2 N–H and O–H groups in total.